The van der Waals surface area contributed by atoms with Crippen LogP contribution in [0.3, 0.4) is 0 Å². The van der Waals surface area contributed by atoms with E-state index in [0.29, 0.717) is 31.1 Å². The molecule has 0 aromatic heterocycles. The van der Waals surface area contributed by atoms with Crippen LogP contribution in [0, 0.1) is 0 Å². The number of carbonyl (C=O) groups is 1. The molecule has 1 aromatic carbocycles. The van der Waals surface area contributed by atoms with Crippen LogP contribution in [0.15, 0.2) is 18.2 Å². The van der Waals surface area contributed by atoms with E-state index in [9.17, 15) is 4.79 Å². The fraction of sp³-hybridized carbons (Fsp3) is 0.500. The number of hydrogen-bond donors (Lipinski definition) is 1. The van der Waals surface area contributed by atoms with Crippen molar-refractivity contribution in [3.8, 4) is 11.5 Å². The Labute approximate surface area is 113 Å². The van der Waals surface area contributed by atoms with Gasteiger partial charge in [0.05, 0.1) is 13.7 Å². The van der Waals surface area contributed by atoms with E-state index in [2.05, 4.69) is 0 Å². The Hall–Kier alpha value is -1.75. The van der Waals surface area contributed by atoms with Crippen LogP contribution in [0.4, 0.5) is 0 Å². The van der Waals surface area contributed by atoms with E-state index in [4.69, 9.17) is 19.9 Å². The van der Waals surface area contributed by atoms with E-state index in [1.807, 2.05) is 13.0 Å². The summed E-state index contributed by atoms with van der Waals surface area (Å²) in [5.74, 6) is 0.709. The average molecular weight is 267 g/mol. The van der Waals surface area contributed by atoms with Crippen LogP contribution >= 0.6 is 0 Å². The molecule has 1 atom stereocenters. The molecular formula is C14H21NO4. The van der Waals surface area contributed by atoms with Crippen LogP contribution in [0.25, 0.3) is 0 Å². The Kier molecular flexibility index (Phi) is 6.15. The van der Waals surface area contributed by atoms with Crippen molar-refractivity contribution >= 4 is 5.97 Å². The van der Waals surface area contributed by atoms with Gasteiger partial charge < -0.3 is 19.9 Å². The molecule has 0 spiro atoms. The standard InChI is InChI=1S/C14H21NO4/c1-4-11(14(16)18-5-2)19-12-7-6-10(9-15)8-13(12)17-3/h6-8,11H,4-5,9,15H2,1-3H3. The van der Waals surface area contributed by atoms with Crippen molar-refractivity contribution in [3.63, 3.8) is 0 Å². The zero-order valence-electron chi connectivity index (χ0n) is 11.6. The number of carbonyl (C=O) groups excluding carboxylic acids is 1. The Bertz CT molecular complexity index is 420. The normalized spacial score (nSPS) is 11.8. The van der Waals surface area contributed by atoms with E-state index in [-0.39, 0.29) is 5.97 Å². The van der Waals surface area contributed by atoms with E-state index in [1.54, 1.807) is 26.2 Å². The first-order valence-electron chi connectivity index (χ1n) is 6.36. The lowest BCUT2D eigenvalue weighted by molar-refractivity contribution is -0.151. The lowest BCUT2D eigenvalue weighted by Gasteiger charge is -2.18. The summed E-state index contributed by atoms with van der Waals surface area (Å²) in [5, 5.41) is 0. The number of esters is 1. The second kappa shape index (κ2) is 7.63. The number of benzene rings is 1. The monoisotopic (exact) mass is 267 g/mol. The van der Waals surface area contributed by atoms with Crippen LogP contribution in [0.1, 0.15) is 25.8 Å². The average Bonchev–Trinajstić information content (AvgIpc) is 2.44. The summed E-state index contributed by atoms with van der Waals surface area (Å²) in [6.07, 6.45) is -0.0988. The Morgan fingerprint density at radius 1 is 1.32 bits per heavy atom. The van der Waals surface area contributed by atoms with Crippen molar-refractivity contribution in [2.75, 3.05) is 13.7 Å². The minimum Gasteiger partial charge on any atom is -0.493 e. The molecule has 1 unspecified atom stereocenters. The summed E-state index contributed by atoms with van der Waals surface area (Å²) in [6, 6.07) is 5.39. The molecule has 0 aliphatic carbocycles. The van der Waals surface area contributed by atoms with Gasteiger partial charge in [-0.05, 0) is 31.0 Å². The molecule has 1 rings (SSSR count). The Balaban J connectivity index is 2.87. The molecule has 0 bridgehead atoms. The van der Waals surface area contributed by atoms with E-state index < -0.39 is 6.10 Å². The van der Waals surface area contributed by atoms with Crippen molar-refractivity contribution < 1.29 is 19.0 Å². The molecule has 5 heteroatoms. The maximum absolute atomic E-state index is 11.7. The molecule has 0 radical (unpaired) electrons. The third-order valence-electron chi connectivity index (χ3n) is 2.65. The third kappa shape index (κ3) is 4.13. The zero-order valence-corrected chi connectivity index (χ0v) is 11.6. The first-order valence-corrected chi connectivity index (χ1v) is 6.36. The van der Waals surface area contributed by atoms with Gasteiger partial charge in [-0.3, -0.25) is 0 Å². The molecule has 1 aromatic rings. The van der Waals surface area contributed by atoms with Crippen LogP contribution in [0.2, 0.25) is 0 Å². The molecule has 0 aliphatic heterocycles. The van der Waals surface area contributed by atoms with Gasteiger partial charge in [-0.2, -0.15) is 0 Å². The minimum atomic E-state index is -0.627. The van der Waals surface area contributed by atoms with Crippen molar-refractivity contribution in [2.45, 2.75) is 32.9 Å². The van der Waals surface area contributed by atoms with Gasteiger partial charge in [0, 0.05) is 6.54 Å². The second-order valence-corrected chi connectivity index (χ2v) is 3.96. The number of ether oxygens (including phenoxy) is 3. The Morgan fingerprint density at radius 3 is 2.58 bits per heavy atom. The van der Waals surface area contributed by atoms with Gasteiger partial charge in [-0.25, -0.2) is 4.79 Å². The highest BCUT2D eigenvalue weighted by Gasteiger charge is 2.21. The highest BCUT2D eigenvalue weighted by Crippen LogP contribution is 2.29. The summed E-state index contributed by atoms with van der Waals surface area (Å²) in [5.41, 5.74) is 6.51. The van der Waals surface area contributed by atoms with E-state index in [1.165, 1.54) is 0 Å². The predicted molar refractivity (Wildman–Crippen MR) is 72.2 cm³/mol. The molecule has 0 fully saturated rings. The summed E-state index contributed by atoms with van der Waals surface area (Å²) in [7, 11) is 1.55. The van der Waals surface area contributed by atoms with Gasteiger partial charge in [-0.15, -0.1) is 0 Å². The molecule has 0 aliphatic rings. The zero-order chi connectivity index (χ0) is 14.3. The highest BCUT2D eigenvalue weighted by atomic mass is 16.6. The number of rotatable bonds is 7. The summed E-state index contributed by atoms with van der Waals surface area (Å²) in [4.78, 5) is 11.7. The number of nitrogens with two attached hydrogens (primary N) is 1. The molecule has 19 heavy (non-hydrogen) atoms. The minimum absolute atomic E-state index is 0.335. The van der Waals surface area contributed by atoms with E-state index in [0.717, 1.165) is 5.56 Å². The van der Waals surface area contributed by atoms with Crippen LogP contribution in [-0.4, -0.2) is 25.8 Å². The van der Waals surface area contributed by atoms with Gasteiger partial charge in [0.25, 0.3) is 0 Å². The smallest absolute Gasteiger partial charge is 0.347 e. The van der Waals surface area contributed by atoms with Crippen molar-refractivity contribution in [2.24, 2.45) is 5.73 Å². The summed E-state index contributed by atoms with van der Waals surface area (Å²) >= 11 is 0. The maximum atomic E-state index is 11.7. The molecule has 0 heterocycles. The largest absolute Gasteiger partial charge is 0.493 e. The molecule has 106 valence electrons. The van der Waals surface area contributed by atoms with Crippen molar-refractivity contribution in [3.05, 3.63) is 23.8 Å². The van der Waals surface area contributed by atoms with Crippen molar-refractivity contribution in [1.29, 1.82) is 0 Å². The molecule has 5 nitrogen and oxygen atoms in total. The number of methoxy groups -OCH3 is 1. The fourth-order valence-electron chi connectivity index (χ4n) is 1.62. The lowest BCUT2D eigenvalue weighted by Crippen LogP contribution is -2.28. The predicted octanol–water partition coefficient (Wildman–Crippen LogP) is 1.87. The SMILES string of the molecule is CCOC(=O)C(CC)Oc1ccc(CN)cc1OC. The van der Waals surface area contributed by atoms with Crippen LogP contribution in [0.5, 0.6) is 11.5 Å². The van der Waals surface area contributed by atoms with Gasteiger partial charge >= 0.3 is 5.97 Å². The molecule has 0 amide bonds. The van der Waals surface area contributed by atoms with Gasteiger partial charge in [0.2, 0.25) is 0 Å². The Morgan fingerprint density at radius 2 is 2.05 bits per heavy atom. The maximum Gasteiger partial charge on any atom is 0.347 e. The summed E-state index contributed by atoms with van der Waals surface area (Å²) in [6.45, 7) is 4.39. The highest BCUT2D eigenvalue weighted by molar-refractivity contribution is 5.75. The molecular weight excluding hydrogens is 246 g/mol. The van der Waals surface area contributed by atoms with Crippen LogP contribution in [-0.2, 0) is 16.1 Å². The molecule has 0 saturated carbocycles. The van der Waals surface area contributed by atoms with Gasteiger partial charge in [-0.1, -0.05) is 13.0 Å². The number of hydrogen-bond acceptors (Lipinski definition) is 5. The van der Waals surface area contributed by atoms with E-state index >= 15 is 0 Å². The lowest BCUT2D eigenvalue weighted by atomic mass is 10.2. The van der Waals surface area contributed by atoms with Crippen LogP contribution < -0.4 is 15.2 Å². The summed E-state index contributed by atoms with van der Waals surface area (Å²) < 4.78 is 15.9. The second-order valence-electron chi connectivity index (χ2n) is 3.96. The molecule has 0 saturated heterocycles. The van der Waals surface area contributed by atoms with Crippen molar-refractivity contribution in [1.82, 2.24) is 0 Å². The third-order valence-corrected chi connectivity index (χ3v) is 2.65. The fourth-order valence-corrected chi connectivity index (χ4v) is 1.62. The quantitative estimate of drug-likeness (QED) is 0.764. The topological polar surface area (TPSA) is 70.8 Å². The van der Waals surface area contributed by atoms with Gasteiger partial charge in [0.15, 0.2) is 17.6 Å². The first-order chi connectivity index (χ1) is 9.15. The van der Waals surface area contributed by atoms with Gasteiger partial charge in [0.1, 0.15) is 0 Å². The molecule has 2 N–H and O–H groups in total. The first kappa shape index (κ1) is 15.3.